The number of rotatable bonds is 8. The van der Waals surface area contributed by atoms with E-state index in [1.54, 1.807) is 67.6 Å². The van der Waals surface area contributed by atoms with Gasteiger partial charge in [0.15, 0.2) is 11.4 Å². The average molecular weight is 382 g/mol. The lowest BCUT2D eigenvalue weighted by Gasteiger charge is -2.11. The van der Waals surface area contributed by atoms with Gasteiger partial charge in [-0.3, -0.25) is 13.8 Å². The van der Waals surface area contributed by atoms with E-state index >= 15 is 0 Å². The van der Waals surface area contributed by atoms with Gasteiger partial charge < -0.3 is 0 Å². The van der Waals surface area contributed by atoms with Crippen LogP contribution in [0.15, 0.2) is 71.0 Å². The van der Waals surface area contributed by atoms with E-state index in [1.807, 2.05) is 12.1 Å². The summed E-state index contributed by atoms with van der Waals surface area (Å²) in [6, 6.07) is 20.6. The lowest BCUT2D eigenvalue weighted by molar-refractivity contribution is 0.124. The first-order valence-corrected chi connectivity index (χ1v) is 9.27. The van der Waals surface area contributed by atoms with Crippen molar-refractivity contribution < 1.29 is 18.3 Å². The summed E-state index contributed by atoms with van der Waals surface area (Å²) in [6.45, 7) is 1.54. The second kappa shape index (κ2) is 9.88. The van der Waals surface area contributed by atoms with Gasteiger partial charge in [-0.25, -0.2) is 4.57 Å². The van der Waals surface area contributed by atoms with Crippen molar-refractivity contribution in [1.82, 2.24) is 0 Å². The molecule has 0 spiro atoms. The fourth-order valence-electron chi connectivity index (χ4n) is 1.87. The normalized spacial score (nSPS) is 12.0. The molecule has 0 bridgehead atoms. The average Bonchev–Trinajstić information content (AvgIpc) is 2.71. The zero-order valence-electron chi connectivity index (χ0n) is 14.3. The van der Waals surface area contributed by atoms with Gasteiger partial charge in [-0.1, -0.05) is 71.0 Å². The van der Waals surface area contributed by atoms with Crippen LogP contribution in [-0.2, 0) is 18.3 Å². The topological polar surface area (TPSA) is 117 Å². The van der Waals surface area contributed by atoms with E-state index in [1.165, 1.54) is 0 Å². The lowest BCUT2D eigenvalue weighted by atomic mass is 10.1. The van der Waals surface area contributed by atoms with Gasteiger partial charge in [0.2, 0.25) is 0 Å². The van der Waals surface area contributed by atoms with Crippen molar-refractivity contribution in [1.29, 1.82) is 10.5 Å². The Morgan fingerprint density at radius 1 is 0.889 bits per heavy atom. The van der Waals surface area contributed by atoms with Gasteiger partial charge >= 0.3 is 7.82 Å². The van der Waals surface area contributed by atoms with E-state index in [-0.39, 0.29) is 18.0 Å². The summed E-state index contributed by atoms with van der Waals surface area (Å²) in [7, 11) is -4.27. The Labute approximate surface area is 156 Å². The predicted octanol–water partition coefficient (Wildman–Crippen LogP) is 4.02. The first-order chi connectivity index (χ1) is 13.1. The minimum absolute atomic E-state index is 0.0250. The Morgan fingerprint density at radius 3 is 1.63 bits per heavy atom. The fourth-order valence-corrected chi connectivity index (χ4v) is 2.67. The molecule has 27 heavy (non-hydrogen) atoms. The van der Waals surface area contributed by atoms with Crippen molar-refractivity contribution in [2.45, 2.75) is 6.92 Å². The molecule has 0 aliphatic heterocycles. The monoisotopic (exact) mass is 382 g/mol. The molecule has 2 aromatic carbocycles. The summed E-state index contributed by atoms with van der Waals surface area (Å²) >= 11 is 0. The molecule has 9 heteroatoms. The number of hydrogen-bond acceptors (Lipinski definition) is 8. The molecule has 0 aliphatic rings. The molecule has 0 saturated carbocycles. The molecule has 0 amide bonds. The summed E-state index contributed by atoms with van der Waals surface area (Å²) in [5.41, 5.74) is 0.695. The van der Waals surface area contributed by atoms with Gasteiger partial charge in [0.25, 0.3) is 0 Å². The summed E-state index contributed by atoms with van der Waals surface area (Å²) in [5.74, 6) is 0. The number of benzene rings is 2. The number of hydrogen-bond donors (Lipinski definition) is 0. The molecule has 0 unspecified atom stereocenters. The summed E-state index contributed by atoms with van der Waals surface area (Å²) in [4.78, 5) is 0. The van der Waals surface area contributed by atoms with Gasteiger partial charge in [-0.05, 0) is 6.92 Å². The standard InChI is InChI=1S/C18H15N4O4P/c1-2-24-27(23,25-21-17(13-19)15-9-5-3-6-10-15)26-22-18(14-20)16-11-7-4-8-12-16/h3-12H,2H2,1H3/b21-17+,22-18+. The molecule has 0 fully saturated rings. The van der Waals surface area contributed by atoms with Crippen LogP contribution < -0.4 is 0 Å². The Balaban J connectivity index is 2.23. The van der Waals surface area contributed by atoms with Gasteiger partial charge in [-0.15, -0.1) is 0 Å². The maximum absolute atomic E-state index is 12.6. The van der Waals surface area contributed by atoms with Crippen LogP contribution in [0.5, 0.6) is 0 Å². The zero-order chi connectivity index (χ0) is 19.5. The largest absolute Gasteiger partial charge is 0.629 e. The molecule has 0 radical (unpaired) electrons. The second-order valence-electron chi connectivity index (χ2n) is 4.86. The van der Waals surface area contributed by atoms with Crippen LogP contribution in [0.2, 0.25) is 0 Å². The highest BCUT2D eigenvalue weighted by atomic mass is 31.2. The molecule has 2 aromatic rings. The lowest BCUT2D eigenvalue weighted by Crippen LogP contribution is -2.02. The molecule has 136 valence electrons. The van der Waals surface area contributed by atoms with Crippen molar-refractivity contribution in [3.63, 3.8) is 0 Å². The van der Waals surface area contributed by atoms with Crippen LogP contribution in [0.1, 0.15) is 18.1 Å². The minimum atomic E-state index is -4.27. The van der Waals surface area contributed by atoms with Gasteiger partial charge in [0.1, 0.15) is 12.1 Å². The highest BCUT2D eigenvalue weighted by molar-refractivity contribution is 7.48. The fraction of sp³-hybridized carbons (Fsp3) is 0.111. The van der Waals surface area contributed by atoms with E-state index < -0.39 is 7.82 Å². The Morgan fingerprint density at radius 2 is 1.30 bits per heavy atom. The summed E-state index contributed by atoms with van der Waals surface area (Å²) in [5, 5.41) is 25.6. The first kappa shape index (κ1) is 19.9. The Kier molecular flexibility index (Phi) is 7.27. The van der Waals surface area contributed by atoms with E-state index in [9.17, 15) is 15.1 Å². The van der Waals surface area contributed by atoms with Gasteiger partial charge in [0, 0.05) is 11.1 Å². The highest BCUT2D eigenvalue weighted by Gasteiger charge is 2.31. The quantitative estimate of drug-likeness (QED) is 0.387. The van der Waals surface area contributed by atoms with Crippen molar-refractivity contribution in [3.05, 3.63) is 71.8 Å². The molecular weight excluding hydrogens is 367 g/mol. The van der Waals surface area contributed by atoms with Crippen molar-refractivity contribution in [2.24, 2.45) is 10.3 Å². The Hall–Kier alpha value is -3.45. The number of nitriles is 2. The molecule has 0 saturated heterocycles. The molecule has 2 rings (SSSR count). The van der Waals surface area contributed by atoms with E-state index in [0.29, 0.717) is 11.1 Å². The van der Waals surface area contributed by atoms with Crippen LogP contribution in [0.3, 0.4) is 0 Å². The predicted molar refractivity (Wildman–Crippen MR) is 98.6 cm³/mol. The van der Waals surface area contributed by atoms with E-state index in [4.69, 9.17) is 13.8 Å². The van der Waals surface area contributed by atoms with Gasteiger partial charge in [0.05, 0.1) is 6.61 Å². The molecule has 0 N–H and O–H groups in total. The second-order valence-corrected chi connectivity index (χ2v) is 6.34. The van der Waals surface area contributed by atoms with Gasteiger partial charge in [-0.2, -0.15) is 10.5 Å². The third-order valence-corrected chi connectivity index (χ3v) is 4.20. The maximum Gasteiger partial charge on any atom is 0.629 e. The smallest absolute Gasteiger partial charge is 0.280 e. The number of phosphoric acid groups is 1. The van der Waals surface area contributed by atoms with E-state index in [2.05, 4.69) is 10.3 Å². The number of nitrogens with zero attached hydrogens (tertiary/aromatic N) is 4. The molecule has 0 atom stereocenters. The van der Waals surface area contributed by atoms with Crippen molar-refractivity contribution >= 4 is 19.2 Å². The minimum Gasteiger partial charge on any atom is -0.280 e. The SMILES string of the molecule is CCOP(=O)(O/N=C(\C#N)c1ccccc1)O/N=C(\C#N)c1ccccc1. The molecule has 0 aromatic heterocycles. The third kappa shape index (κ3) is 5.79. The molecule has 8 nitrogen and oxygen atoms in total. The summed E-state index contributed by atoms with van der Waals surface area (Å²) < 4.78 is 27.3. The van der Waals surface area contributed by atoms with Crippen LogP contribution in [-0.4, -0.2) is 18.0 Å². The molecule has 0 heterocycles. The Bertz CT molecular complexity index is 873. The van der Waals surface area contributed by atoms with Crippen molar-refractivity contribution in [3.8, 4) is 12.1 Å². The van der Waals surface area contributed by atoms with Crippen LogP contribution in [0, 0.1) is 22.7 Å². The maximum atomic E-state index is 12.6. The van der Waals surface area contributed by atoms with Crippen LogP contribution in [0.25, 0.3) is 0 Å². The number of oxime groups is 2. The van der Waals surface area contributed by atoms with E-state index in [0.717, 1.165) is 0 Å². The van der Waals surface area contributed by atoms with Crippen LogP contribution >= 0.6 is 7.82 Å². The molecular formula is C18H15N4O4P. The molecule has 0 aliphatic carbocycles. The first-order valence-electron chi connectivity index (χ1n) is 7.81. The summed E-state index contributed by atoms with van der Waals surface area (Å²) in [6.07, 6.45) is 0. The van der Waals surface area contributed by atoms with Crippen LogP contribution in [0.4, 0.5) is 0 Å². The van der Waals surface area contributed by atoms with Crippen molar-refractivity contribution in [2.75, 3.05) is 6.61 Å². The highest BCUT2D eigenvalue weighted by Crippen LogP contribution is 2.50. The zero-order valence-corrected chi connectivity index (χ0v) is 15.2. The third-order valence-electron chi connectivity index (χ3n) is 3.06.